The van der Waals surface area contributed by atoms with Gasteiger partial charge in [-0.3, -0.25) is 4.79 Å². The molecule has 0 bridgehead atoms. The molecule has 0 atom stereocenters. The van der Waals surface area contributed by atoms with Crippen LogP contribution < -0.4 is 5.32 Å². The molecule has 0 saturated heterocycles. The van der Waals surface area contributed by atoms with Gasteiger partial charge >= 0.3 is 5.97 Å². The molecule has 0 unspecified atom stereocenters. The van der Waals surface area contributed by atoms with Crippen molar-refractivity contribution in [3.8, 4) is 0 Å². The van der Waals surface area contributed by atoms with Crippen LogP contribution in [0, 0.1) is 13.8 Å². The molecule has 1 amide bonds. The molecule has 0 fully saturated rings. The number of carbonyl (C=O) groups is 2. The minimum absolute atomic E-state index is 0.0738. The highest BCUT2D eigenvalue weighted by Crippen LogP contribution is 2.24. The molecule has 0 spiro atoms. The summed E-state index contributed by atoms with van der Waals surface area (Å²) in [6, 6.07) is 9.66. The summed E-state index contributed by atoms with van der Waals surface area (Å²) in [6.45, 7) is 3.81. The van der Waals surface area contributed by atoms with Crippen LogP contribution in [0.2, 0.25) is 5.02 Å². The van der Waals surface area contributed by atoms with Crippen molar-refractivity contribution in [2.75, 3.05) is 5.32 Å². The molecular weight excluding hydrogens is 290 g/mol. The smallest absolute Gasteiger partial charge is 0.335 e. The number of aromatic carboxylic acids is 1. The van der Waals surface area contributed by atoms with Gasteiger partial charge in [0.1, 0.15) is 0 Å². The second kappa shape index (κ2) is 5.97. The summed E-state index contributed by atoms with van der Waals surface area (Å²) in [6.07, 6.45) is 0. The van der Waals surface area contributed by atoms with Gasteiger partial charge in [-0.25, -0.2) is 4.79 Å². The zero-order valence-corrected chi connectivity index (χ0v) is 12.4. The largest absolute Gasteiger partial charge is 0.478 e. The highest BCUT2D eigenvalue weighted by Gasteiger charge is 2.13. The number of halogens is 1. The number of nitrogens with one attached hydrogen (secondary N) is 1. The lowest BCUT2D eigenvalue weighted by atomic mass is 10.0. The van der Waals surface area contributed by atoms with E-state index in [-0.39, 0.29) is 16.5 Å². The molecule has 2 aromatic carbocycles. The fraction of sp³-hybridized carbons (Fsp3) is 0.125. The third-order valence-electron chi connectivity index (χ3n) is 3.31. The number of amides is 1. The van der Waals surface area contributed by atoms with E-state index in [4.69, 9.17) is 16.7 Å². The third-order valence-corrected chi connectivity index (χ3v) is 3.63. The first kappa shape index (κ1) is 15.1. The molecule has 2 rings (SSSR count). The summed E-state index contributed by atoms with van der Waals surface area (Å²) >= 11 is 6.00. The van der Waals surface area contributed by atoms with Crippen molar-refractivity contribution in [3.05, 3.63) is 63.7 Å². The summed E-state index contributed by atoms with van der Waals surface area (Å²) in [5.41, 5.74) is 2.94. The summed E-state index contributed by atoms with van der Waals surface area (Å²) in [5, 5.41) is 11.8. The van der Waals surface area contributed by atoms with Crippen LogP contribution >= 0.6 is 11.6 Å². The van der Waals surface area contributed by atoms with E-state index in [0.717, 1.165) is 11.1 Å². The minimum atomic E-state index is -1.07. The average molecular weight is 304 g/mol. The van der Waals surface area contributed by atoms with Gasteiger partial charge in [-0.1, -0.05) is 23.7 Å². The quantitative estimate of drug-likeness (QED) is 0.903. The van der Waals surface area contributed by atoms with Gasteiger partial charge < -0.3 is 10.4 Å². The number of carbonyl (C=O) groups excluding carboxylic acids is 1. The maximum Gasteiger partial charge on any atom is 0.335 e. The van der Waals surface area contributed by atoms with Crippen molar-refractivity contribution in [1.29, 1.82) is 0 Å². The molecule has 21 heavy (non-hydrogen) atoms. The van der Waals surface area contributed by atoms with E-state index >= 15 is 0 Å². The molecule has 0 heterocycles. The van der Waals surface area contributed by atoms with Crippen molar-refractivity contribution in [1.82, 2.24) is 0 Å². The second-order valence-corrected chi connectivity index (χ2v) is 5.11. The van der Waals surface area contributed by atoms with Crippen LogP contribution in [0.1, 0.15) is 31.8 Å². The Morgan fingerprint density at radius 2 is 1.86 bits per heavy atom. The molecule has 0 aliphatic carbocycles. The Balaban J connectivity index is 2.28. The average Bonchev–Trinajstić information content (AvgIpc) is 2.43. The van der Waals surface area contributed by atoms with Crippen LogP contribution in [0.15, 0.2) is 36.4 Å². The Kier molecular flexibility index (Phi) is 4.29. The lowest BCUT2D eigenvalue weighted by Gasteiger charge is -2.11. The first-order chi connectivity index (χ1) is 9.90. The SMILES string of the molecule is Cc1cccc(C(=O)Nc2ccc(C(=O)O)cc2Cl)c1C. The molecule has 0 aromatic heterocycles. The van der Waals surface area contributed by atoms with Crippen molar-refractivity contribution in [2.45, 2.75) is 13.8 Å². The van der Waals surface area contributed by atoms with Gasteiger partial charge in [-0.2, -0.15) is 0 Å². The molecule has 0 aliphatic heterocycles. The van der Waals surface area contributed by atoms with E-state index in [0.29, 0.717) is 11.3 Å². The van der Waals surface area contributed by atoms with Crippen LogP contribution in [0.25, 0.3) is 0 Å². The third kappa shape index (κ3) is 3.23. The molecule has 0 saturated carbocycles. The van der Waals surface area contributed by atoms with Crippen LogP contribution in [-0.2, 0) is 0 Å². The van der Waals surface area contributed by atoms with E-state index in [1.54, 1.807) is 6.07 Å². The molecule has 4 nitrogen and oxygen atoms in total. The van der Waals surface area contributed by atoms with Crippen LogP contribution in [0.4, 0.5) is 5.69 Å². The Morgan fingerprint density at radius 1 is 1.14 bits per heavy atom. The Bertz CT molecular complexity index is 725. The summed E-state index contributed by atoms with van der Waals surface area (Å²) < 4.78 is 0. The van der Waals surface area contributed by atoms with Crippen molar-refractivity contribution >= 4 is 29.2 Å². The molecule has 5 heteroatoms. The lowest BCUT2D eigenvalue weighted by molar-refractivity contribution is 0.0696. The highest BCUT2D eigenvalue weighted by molar-refractivity contribution is 6.34. The fourth-order valence-corrected chi connectivity index (χ4v) is 2.16. The van der Waals surface area contributed by atoms with E-state index in [9.17, 15) is 9.59 Å². The monoisotopic (exact) mass is 303 g/mol. The normalized spacial score (nSPS) is 10.2. The van der Waals surface area contributed by atoms with Crippen LogP contribution in [-0.4, -0.2) is 17.0 Å². The van der Waals surface area contributed by atoms with Gasteiger partial charge in [0.05, 0.1) is 16.3 Å². The Hall–Kier alpha value is -2.33. The number of aryl methyl sites for hydroxylation is 1. The number of rotatable bonds is 3. The maximum absolute atomic E-state index is 12.3. The van der Waals surface area contributed by atoms with Crippen LogP contribution in [0.3, 0.4) is 0 Å². The lowest BCUT2D eigenvalue weighted by Crippen LogP contribution is -2.14. The first-order valence-electron chi connectivity index (χ1n) is 6.30. The Morgan fingerprint density at radius 3 is 2.48 bits per heavy atom. The summed E-state index contributed by atoms with van der Waals surface area (Å²) in [4.78, 5) is 23.1. The molecule has 2 N–H and O–H groups in total. The molecular formula is C16H14ClNO3. The number of hydrogen-bond donors (Lipinski definition) is 2. The van der Waals surface area contributed by atoms with E-state index in [2.05, 4.69) is 5.32 Å². The number of anilines is 1. The second-order valence-electron chi connectivity index (χ2n) is 4.70. The number of benzene rings is 2. The van der Waals surface area contributed by atoms with Gasteiger partial charge in [0.15, 0.2) is 0 Å². The van der Waals surface area contributed by atoms with Gasteiger partial charge in [0.2, 0.25) is 0 Å². The molecule has 108 valence electrons. The van der Waals surface area contributed by atoms with Crippen molar-refractivity contribution in [2.24, 2.45) is 0 Å². The van der Waals surface area contributed by atoms with E-state index < -0.39 is 5.97 Å². The van der Waals surface area contributed by atoms with Crippen LogP contribution in [0.5, 0.6) is 0 Å². The number of carboxylic acid groups (broad SMARTS) is 1. The zero-order chi connectivity index (χ0) is 15.6. The van der Waals surface area contributed by atoms with E-state index in [1.165, 1.54) is 18.2 Å². The predicted molar refractivity (Wildman–Crippen MR) is 82.3 cm³/mol. The van der Waals surface area contributed by atoms with E-state index in [1.807, 2.05) is 26.0 Å². The van der Waals surface area contributed by atoms with Gasteiger partial charge in [0, 0.05) is 5.56 Å². The molecule has 2 aromatic rings. The summed E-state index contributed by atoms with van der Waals surface area (Å²) in [5.74, 6) is -1.34. The zero-order valence-electron chi connectivity index (χ0n) is 11.6. The van der Waals surface area contributed by atoms with Gasteiger partial charge in [0.25, 0.3) is 5.91 Å². The maximum atomic E-state index is 12.3. The Labute approximate surface area is 127 Å². The standard InChI is InChI=1S/C16H14ClNO3/c1-9-4-3-5-12(10(9)2)15(19)18-14-7-6-11(16(20)21)8-13(14)17/h3-8H,1-2H3,(H,18,19)(H,20,21). The first-order valence-corrected chi connectivity index (χ1v) is 6.68. The number of hydrogen-bond acceptors (Lipinski definition) is 2. The van der Waals surface area contributed by atoms with Crippen molar-refractivity contribution in [3.63, 3.8) is 0 Å². The minimum Gasteiger partial charge on any atom is -0.478 e. The topological polar surface area (TPSA) is 66.4 Å². The molecule has 0 aliphatic rings. The number of carboxylic acids is 1. The highest BCUT2D eigenvalue weighted by atomic mass is 35.5. The fourth-order valence-electron chi connectivity index (χ4n) is 1.94. The van der Waals surface area contributed by atoms with Gasteiger partial charge in [-0.15, -0.1) is 0 Å². The summed E-state index contributed by atoms with van der Waals surface area (Å²) in [7, 11) is 0. The predicted octanol–water partition coefficient (Wildman–Crippen LogP) is 3.91. The van der Waals surface area contributed by atoms with Gasteiger partial charge in [-0.05, 0) is 49.2 Å². The van der Waals surface area contributed by atoms with Crippen molar-refractivity contribution < 1.29 is 14.7 Å². The molecule has 0 radical (unpaired) electrons.